The molecule has 0 spiro atoms. The molecule has 0 unspecified atom stereocenters. The Hall–Kier alpha value is -3.87. The fraction of sp³-hybridized carbons (Fsp3) is 0.269. The Labute approximate surface area is 192 Å². The number of nitrogens with zero attached hydrogens (tertiary/aromatic N) is 1. The average Bonchev–Trinajstić information content (AvgIpc) is 3.20. The fourth-order valence-electron chi connectivity index (χ4n) is 3.87. The van der Waals surface area contributed by atoms with Gasteiger partial charge in [0.25, 0.3) is 11.8 Å². The van der Waals surface area contributed by atoms with Crippen LogP contribution < -0.4 is 15.5 Å². The highest BCUT2D eigenvalue weighted by Crippen LogP contribution is 2.29. The molecule has 4 rings (SSSR count). The van der Waals surface area contributed by atoms with Gasteiger partial charge in [-0.25, -0.2) is 5.43 Å². The monoisotopic (exact) mass is 445 g/mol. The van der Waals surface area contributed by atoms with Gasteiger partial charge in [0, 0.05) is 24.1 Å². The van der Waals surface area contributed by atoms with Crippen LogP contribution in [0.15, 0.2) is 70.2 Å². The van der Waals surface area contributed by atoms with Gasteiger partial charge in [-0.2, -0.15) is 5.10 Å². The van der Waals surface area contributed by atoms with Crippen molar-refractivity contribution in [3.05, 3.63) is 88.9 Å². The lowest BCUT2D eigenvalue weighted by Gasteiger charge is -2.13. The Morgan fingerprint density at radius 2 is 1.76 bits per heavy atom. The lowest BCUT2D eigenvalue weighted by atomic mass is 9.93. The van der Waals surface area contributed by atoms with Gasteiger partial charge in [0.15, 0.2) is 12.4 Å². The molecule has 0 fully saturated rings. The third-order valence-corrected chi connectivity index (χ3v) is 5.50. The van der Waals surface area contributed by atoms with Gasteiger partial charge in [0.1, 0.15) is 11.5 Å². The molecule has 0 atom stereocenters. The summed E-state index contributed by atoms with van der Waals surface area (Å²) in [5.74, 6) is 1.08. The number of fused-ring (bicyclic) bond motifs is 1. The van der Waals surface area contributed by atoms with Crippen molar-refractivity contribution in [1.82, 2.24) is 10.7 Å². The summed E-state index contributed by atoms with van der Waals surface area (Å²) in [6, 6.07) is 19.1. The van der Waals surface area contributed by atoms with Crippen LogP contribution in [0.25, 0.3) is 0 Å². The standard InChI is InChI=1S/C26H27N3O4/c1-18-24-21(28-29-23(30)17-32-20-11-6-3-7-12-20)13-8-14-22(24)33-25(18)26(31)27-16-15-19-9-4-2-5-10-19/h2-7,9-12H,8,13-17H2,1H3,(H,27,31)(H,29,30)/b28-21+. The number of benzene rings is 2. The van der Waals surface area contributed by atoms with Gasteiger partial charge >= 0.3 is 0 Å². The van der Waals surface area contributed by atoms with E-state index in [0.29, 0.717) is 30.2 Å². The van der Waals surface area contributed by atoms with E-state index >= 15 is 0 Å². The molecular weight excluding hydrogens is 418 g/mol. The number of ether oxygens (including phenoxy) is 1. The summed E-state index contributed by atoms with van der Waals surface area (Å²) in [6.07, 6.45) is 3.01. The fourth-order valence-corrected chi connectivity index (χ4v) is 3.87. The summed E-state index contributed by atoms with van der Waals surface area (Å²) in [5, 5.41) is 7.25. The van der Waals surface area contributed by atoms with Crippen LogP contribution in [-0.2, 0) is 17.6 Å². The van der Waals surface area contributed by atoms with E-state index in [0.717, 1.165) is 41.7 Å². The number of carbonyl (C=O) groups is 2. The smallest absolute Gasteiger partial charge is 0.287 e. The highest BCUT2D eigenvalue weighted by Gasteiger charge is 2.28. The first-order valence-corrected chi connectivity index (χ1v) is 11.1. The van der Waals surface area contributed by atoms with Crippen molar-refractivity contribution in [2.75, 3.05) is 13.2 Å². The molecule has 3 aromatic rings. The molecule has 7 heteroatoms. The number of hydrogen-bond donors (Lipinski definition) is 2. The molecule has 7 nitrogen and oxygen atoms in total. The number of rotatable bonds is 8. The molecule has 1 aliphatic rings. The van der Waals surface area contributed by atoms with Crippen molar-refractivity contribution in [2.24, 2.45) is 5.10 Å². The number of amides is 2. The number of carbonyl (C=O) groups excluding carboxylic acids is 2. The predicted molar refractivity (Wildman–Crippen MR) is 125 cm³/mol. The Balaban J connectivity index is 1.38. The summed E-state index contributed by atoms with van der Waals surface area (Å²) < 4.78 is 11.4. The first-order chi connectivity index (χ1) is 16.1. The highest BCUT2D eigenvalue weighted by atomic mass is 16.5. The molecule has 0 aliphatic heterocycles. The number of furan rings is 1. The van der Waals surface area contributed by atoms with Crippen LogP contribution in [0.2, 0.25) is 0 Å². The summed E-state index contributed by atoms with van der Waals surface area (Å²) in [4.78, 5) is 24.9. The van der Waals surface area contributed by atoms with E-state index in [1.807, 2.05) is 55.5 Å². The molecule has 170 valence electrons. The second-order valence-electron chi connectivity index (χ2n) is 7.89. The molecule has 2 amide bonds. The molecule has 0 bridgehead atoms. The van der Waals surface area contributed by atoms with Gasteiger partial charge in [-0.3, -0.25) is 9.59 Å². The first kappa shape index (κ1) is 22.3. The number of para-hydroxylation sites is 1. The molecule has 2 aromatic carbocycles. The predicted octanol–water partition coefficient (Wildman–Crippen LogP) is 3.80. The summed E-state index contributed by atoms with van der Waals surface area (Å²) in [6.45, 7) is 2.24. The van der Waals surface area contributed by atoms with Gasteiger partial charge in [0.2, 0.25) is 0 Å². The van der Waals surface area contributed by atoms with Crippen molar-refractivity contribution in [3.8, 4) is 5.75 Å². The van der Waals surface area contributed by atoms with Gasteiger partial charge in [-0.05, 0) is 43.9 Å². The number of nitrogens with one attached hydrogen (secondary N) is 2. The zero-order valence-corrected chi connectivity index (χ0v) is 18.6. The Morgan fingerprint density at radius 1 is 1.03 bits per heavy atom. The molecule has 33 heavy (non-hydrogen) atoms. The van der Waals surface area contributed by atoms with Crippen LogP contribution in [0.5, 0.6) is 5.75 Å². The second kappa shape index (κ2) is 10.6. The number of hydrogen-bond acceptors (Lipinski definition) is 5. The molecule has 0 saturated carbocycles. The van der Waals surface area contributed by atoms with Crippen molar-refractivity contribution in [1.29, 1.82) is 0 Å². The zero-order valence-electron chi connectivity index (χ0n) is 18.6. The maximum atomic E-state index is 12.7. The van der Waals surface area contributed by atoms with Crippen LogP contribution in [0.1, 0.15) is 45.8 Å². The van der Waals surface area contributed by atoms with Gasteiger partial charge < -0.3 is 14.5 Å². The molecule has 1 aromatic heterocycles. The minimum Gasteiger partial charge on any atom is -0.484 e. The first-order valence-electron chi connectivity index (χ1n) is 11.1. The Bertz CT molecular complexity index is 1140. The number of hydrazone groups is 1. The van der Waals surface area contributed by atoms with Gasteiger partial charge in [-0.15, -0.1) is 0 Å². The van der Waals surface area contributed by atoms with Crippen LogP contribution in [0, 0.1) is 6.92 Å². The Kier molecular flexibility index (Phi) is 7.19. The van der Waals surface area contributed by atoms with E-state index in [1.54, 1.807) is 12.1 Å². The van der Waals surface area contributed by atoms with E-state index in [4.69, 9.17) is 9.15 Å². The van der Waals surface area contributed by atoms with Crippen molar-refractivity contribution in [2.45, 2.75) is 32.6 Å². The molecule has 1 aliphatic carbocycles. The average molecular weight is 446 g/mol. The maximum Gasteiger partial charge on any atom is 0.287 e. The summed E-state index contributed by atoms with van der Waals surface area (Å²) in [5.41, 5.74) is 6.01. The third kappa shape index (κ3) is 5.68. The molecular formula is C26H27N3O4. The van der Waals surface area contributed by atoms with Crippen LogP contribution >= 0.6 is 0 Å². The quantitative estimate of drug-likeness (QED) is 0.516. The minimum atomic E-state index is -0.349. The van der Waals surface area contributed by atoms with E-state index in [-0.39, 0.29) is 18.4 Å². The van der Waals surface area contributed by atoms with Crippen LogP contribution in [0.4, 0.5) is 0 Å². The summed E-state index contributed by atoms with van der Waals surface area (Å²) in [7, 11) is 0. The lowest BCUT2D eigenvalue weighted by molar-refractivity contribution is -0.123. The maximum absolute atomic E-state index is 12.7. The van der Waals surface area contributed by atoms with E-state index in [1.165, 1.54) is 0 Å². The van der Waals surface area contributed by atoms with E-state index in [9.17, 15) is 9.59 Å². The lowest BCUT2D eigenvalue weighted by Crippen LogP contribution is -2.27. The Morgan fingerprint density at radius 3 is 2.52 bits per heavy atom. The molecule has 0 saturated heterocycles. The van der Waals surface area contributed by atoms with Gasteiger partial charge in [-0.1, -0.05) is 48.5 Å². The molecule has 0 radical (unpaired) electrons. The summed E-state index contributed by atoms with van der Waals surface area (Å²) >= 11 is 0. The largest absolute Gasteiger partial charge is 0.484 e. The van der Waals surface area contributed by atoms with Gasteiger partial charge in [0.05, 0.1) is 5.71 Å². The second-order valence-corrected chi connectivity index (χ2v) is 7.89. The van der Waals surface area contributed by atoms with Crippen molar-refractivity contribution >= 4 is 17.5 Å². The SMILES string of the molecule is Cc1c(C(=O)NCCc2ccccc2)oc2c1/C(=N/NC(=O)COc1ccccc1)CCC2. The minimum absolute atomic E-state index is 0.132. The molecule has 2 N–H and O–H groups in total. The molecule has 1 heterocycles. The van der Waals surface area contributed by atoms with Crippen molar-refractivity contribution < 1.29 is 18.7 Å². The van der Waals surface area contributed by atoms with Crippen LogP contribution in [0.3, 0.4) is 0 Å². The van der Waals surface area contributed by atoms with E-state index in [2.05, 4.69) is 15.8 Å². The number of aryl methyl sites for hydroxylation is 1. The normalized spacial score (nSPS) is 13.9. The highest BCUT2D eigenvalue weighted by molar-refractivity contribution is 6.06. The topological polar surface area (TPSA) is 92.9 Å². The van der Waals surface area contributed by atoms with Crippen LogP contribution in [-0.4, -0.2) is 30.7 Å². The third-order valence-electron chi connectivity index (χ3n) is 5.50. The van der Waals surface area contributed by atoms with Crippen molar-refractivity contribution in [3.63, 3.8) is 0 Å². The zero-order chi connectivity index (χ0) is 23.0. The van der Waals surface area contributed by atoms with E-state index < -0.39 is 0 Å².